The molecule has 150 valence electrons. The molecule has 2 aliphatic heterocycles. The van der Waals surface area contributed by atoms with E-state index in [1.165, 1.54) is 12.2 Å². The van der Waals surface area contributed by atoms with Gasteiger partial charge in [0.1, 0.15) is 0 Å². The molecule has 6 heteroatoms. The number of piperidine rings is 1. The van der Waals surface area contributed by atoms with Gasteiger partial charge in [-0.2, -0.15) is 11.8 Å². The third kappa shape index (κ3) is 4.96. The number of carbonyl (C=O) groups is 1. The van der Waals surface area contributed by atoms with Crippen molar-refractivity contribution in [1.29, 1.82) is 0 Å². The number of likely N-dealkylation sites (tertiary alicyclic amines) is 1. The van der Waals surface area contributed by atoms with Crippen LogP contribution in [-0.4, -0.2) is 53.6 Å². The number of amides is 1. The Morgan fingerprint density at radius 1 is 1.33 bits per heavy atom. The molecule has 2 aliphatic rings. The van der Waals surface area contributed by atoms with Gasteiger partial charge in [-0.1, -0.05) is 19.9 Å². The SMILES string of the molecule is CSCCCN1C[C@H]2C[C@@H](C1)[C@H](CNC(=O)CC(C)C)n1c2cccc1=O. The minimum Gasteiger partial charge on any atom is -0.354 e. The molecule has 1 fully saturated rings. The Bertz CT molecular complexity index is 703. The van der Waals surface area contributed by atoms with E-state index in [0.29, 0.717) is 30.7 Å². The Morgan fingerprint density at radius 3 is 2.89 bits per heavy atom. The van der Waals surface area contributed by atoms with Crippen LogP contribution in [0.25, 0.3) is 0 Å². The van der Waals surface area contributed by atoms with Gasteiger partial charge < -0.3 is 14.8 Å². The van der Waals surface area contributed by atoms with Crippen molar-refractivity contribution in [2.45, 2.75) is 45.1 Å². The zero-order valence-electron chi connectivity index (χ0n) is 16.8. The van der Waals surface area contributed by atoms with E-state index in [1.54, 1.807) is 6.07 Å². The highest BCUT2D eigenvalue weighted by molar-refractivity contribution is 7.98. The Morgan fingerprint density at radius 2 is 2.15 bits per heavy atom. The van der Waals surface area contributed by atoms with Crippen LogP contribution in [0.2, 0.25) is 0 Å². The molecule has 5 nitrogen and oxygen atoms in total. The van der Waals surface area contributed by atoms with Crippen molar-refractivity contribution in [1.82, 2.24) is 14.8 Å². The van der Waals surface area contributed by atoms with E-state index in [9.17, 15) is 9.59 Å². The molecule has 0 spiro atoms. The molecular weight excluding hydrogens is 358 g/mol. The average molecular weight is 392 g/mol. The van der Waals surface area contributed by atoms with Gasteiger partial charge >= 0.3 is 0 Å². The molecule has 0 saturated carbocycles. The van der Waals surface area contributed by atoms with Crippen molar-refractivity contribution < 1.29 is 4.79 Å². The van der Waals surface area contributed by atoms with E-state index in [4.69, 9.17) is 0 Å². The summed E-state index contributed by atoms with van der Waals surface area (Å²) in [7, 11) is 0. The number of nitrogens with zero attached hydrogens (tertiary/aromatic N) is 2. The molecule has 2 bridgehead atoms. The summed E-state index contributed by atoms with van der Waals surface area (Å²) in [6.07, 6.45) is 5.02. The highest BCUT2D eigenvalue weighted by atomic mass is 32.2. The van der Waals surface area contributed by atoms with Crippen LogP contribution in [0, 0.1) is 11.8 Å². The number of fused-ring (bicyclic) bond motifs is 4. The summed E-state index contributed by atoms with van der Waals surface area (Å²) in [5, 5.41) is 3.10. The minimum atomic E-state index is 0.0596. The molecule has 3 atom stereocenters. The number of thioether (sulfide) groups is 1. The van der Waals surface area contributed by atoms with E-state index in [2.05, 4.69) is 36.4 Å². The summed E-state index contributed by atoms with van der Waals surface area (Å²) in [4.78, 5) is 27.4. The van der Waals surface area contributed by atoms with Crippen molar-refractivity contribution in [3.63, 3.8) is 0 Å². The van der Waals surface area contributed by atoms with Gasteiger partial charge in [0.15, 0.2) is 0 Å². The van der Waals surface area contributed by atoms with Crippen molar-refractivity contribution in [2.24, 2.45) is 11.8 Å². The van der Waals surface area contributed by atoms with Crippen molar-refractivity contribution >= 4 is 17.7 Å². The van der Waals surface area contributed by atoms with Gasteiger partial charge in [-0.25, -0.2) is 0 Å². The maximum Gasteiger partial charge on any atom is 0.251 e. The first-order chi connectivity index (χ1) is 13.0. The van der Waals surface area contributed by atoms with Crippen LogP contribution in [0.1, 0.15) is 50.8 Å². The van der Waals surface area contributed by atoms with Gasteiger partial charge in [0.25, 0.3) is 5.56 Å². The Balaban J connectivity index is 1.78. The quantitative estimate of drug-likeness (QED) is 0.693. The number of carbonyl (C=O) groups excluding carboxylic acids is 1. The van der Waals surface area contributed by atoms with E-state index in [1.807, 2.05) is 22.4 Å². The predicted molar refractivity (Wildman–Crippen MR) is 112 cm³/mol. The molecule has 3 heterocycles. The minimum absolute atomic E-state index is 0.0596. The normalized spacial score (nSPS) is 24.7. The summed E-state index contributed by atoms with van der Waals surface area (Å²) in [6, 6.07) is 5.71. The zero-order chi connectivity index (χ0) is 19.4. The molecule has 1 amide bonds. The van der Waals surface area contributed by atoms with Crippen LogP contribution in [0.15, 0.2) is 23.0 Å². The summed E-state index contributed by atoms with van der Waals surface area (Å²) < 4.78 is 1.98. The number of hydrogen-bond acceptors (Lipinski definition) is 4. The summed E-state index contributed by atoms with van der Waals surface area (Å²) in [5.74, 6) is 2.47. The third-order valence-corrected chi connectivity index (χ3v) is 6.50. The van der Waals surface area contributed by atoms with Gasteiger partial charge in [-0.3, -0.25) is 9.59 Å². The predicted octanol–water partition coefficient (Wildman–Crippen LogP) is 2.72. The lowest BCUT2D eigenvalue weighted by atomic mass is 9.78. The van der Waals surface area contributed by atoms with Gasteiger partial charge in [0.2, 0.25) is 5.91 Å². The molecule has 0 aliphatic carbocycles. The first kappa shape index (κ1) is 20.5. The van der Waals surface area contributed by atoms with Crippen LogP contribution in [0.4, 0.5) is 0 Å². The largest absolute Gasteiger partial charge is 0.354 e. The fourth-order valence-electron chi connectivity index (χ4n) is 4.68. The van der Waals surface area contributed by atoms with Crippen LogP contribution < -0.4 is 10.9 Å². The number of aromatic nitrogens is 1. The highest BCUT2D eigenvalue weighted by Gasteiger charge is 2.40. The second-order valence-electron chi connectivity index (χ2n) is 8.43. The lowest BCUT2D eigenvalue weighted by molar-refractivity contribution is -0.122. The van der Waals surface area contributed by atoms with E-state index in [-0.39, 0.29) is 17.5 Å². The first-order valence-corrected chi connectivity index (χ1v) is 11.6. The smallest absolute Gasteiger partial charge is 0.251 e. The molecule has 0 unspecified atom stereocenters. The molecule has 0 radical (unpaired) electrons. The number of nitrogens with one attached hydrogen (secondary N) is 1. The Labute approximate surface area is 166 Å². The Hall–Kier alpha value is -1.27. The summed E-state index contributed by atoms with van der Waals surface area (Å²) >= 11 is 1.90. The average Bonchev–Trinajstić information content (AvgIpc) is 2.62. The van der Waals surface area contributed by atoms with Crippen molar-refractivity contribution in [3.8, 4) is 0 Å². The first-order valence-electron chi connectivity index (χ1n) is 10.2. The number of rotatable bonds is 8. The molecule has 27 heavy (non-hydrogen) atoms. The molecule has 1 aromatic rings. The summed E-state index contributed by atoms with van der Waals surface area (Å²) in [5.41, 5.74) is 1.22. The van der Waals surface area contributed by atoms with Crippen LogP contribution >= 0.6 is 11.8 Å². The standard InChI is InChI=1S/C21H33N3O2S/c1-15(2)10-20(25)22-12-19-17-11-16(13-23(14-17)8-5-9-27-3)18-6-4-7-21(26)24(18)19/h4,6-7,15-17,19H,5,8-14H2,1-3H3,(H,22,25)/t16-,17+,19+/m1/s1. The lowest BCUT2D eigenvalue weighted by Crippen LogP contribution is -2.52. The third-order valence-electron chi connectivity index (χ3n) is 5.80. The second kappa shape index (κ2) is 9.28. The Kier molecular flexibility index (Phi) is 7.04. The molecular formula is C21H33N3O2S. The molecule has 1 saturated heterocycles. The lowest BCUT2D eigenvalue weighted by Gasteiger charge is -2.47. The van der Waals surface area contributed by atoms with Gasteiger partial charge in [0, 0.05) is 43.7 Å². The van der Waals surface area contributed by atoms with E-state index in [0.717, 1.165) is 31.7 Å². The monoisotopic (exact) mass is 391 g/mol. The zero-order valence-corrected chi connectivity index (χ0v) is 17.6. The van der Waals surface area contributed by atoms with Gasteiger partial charge in [-0.05, 0) is 49.3 Å². The second-order valence-corrected chi connectivity index (χ2v) is 9.41. The molecule has 3 rings (SSSR count). The van der Waals surface area contributed by atoms with Gasteiger partial charge in [-0.15, -0.1) is 0 Å². The maximum absolute atomic E-state index is 12.7. The number of hydrogen-bond donors (Lipinski definition) is 1. The van der Waals surface area contributed by atoms with Crippen LogP contribution in [-0.2, 0) is 4.79 Å². The summed E-state index contributed by atoms with van der Waals surface area (Å²) in [6.45, 7) is 7.85. The topological polar surface area (TPSA) is 54.3 Å². The van der Waals surface area contributed by atoms with Crippen molar-refractivity contribution in [2.75, 3.05) is 38.2 Å². The van der Waals surface area contributed by atoms with E-state index < -0.39 is 0 Å². The van der Waals surface area contributed by atoms with Crippen molar-refractivity contribution in [3.05, 3.63) is 34.2 Å². The van der Waals surface area contributed by atoms with Gasteiger partial charge in [0.05, 0.1) is 6.04 Å². The number of pyridine rings is 1. The van der Waals surface area contributed by atoms with Crippen LogP contribution in [0.5, 0.6) is 0 Å². The highest BCUT2D eigenvalue weighted by Crippen LogP contribution is 2.40. The fourth-order valence-corrected chi connectivity index (χ4v) is 5.09. The molecule has 0 aromatic carbocycles. The molecule has 1 aromatic heterocycles. The molecule has 1 N–H and O–H groups in total. The van der Waals surface area contributed by atoms with E-state index >= 15 is 0 Å². The van der Waals surface area contributed by atoms with Crippen LogP contribution in [0.3, 0.4) is 0 Å². The maximum atomic E-state index is 12.7. The fraction of sp³-hybridized carbons (Fsp3) is 0.714.